The van der Waals surface area contributed by atoms with Crippen molar-refractivity contribution in [2.75, 3.05) is 0 Å². The van der Waals surface area contributed by atoms with E-state index in [2.05, 4.69) is 36.2 Å². The van der Waals surface area contributed by atoms with Crippen LogP contribution in [0, 0.1) is 6.92 Å². The van der Waals surface area contributed by atoms with Gasteiger partial charge in [-0.1, -0.05) is 29.8 Å². The Morgan fingerprint density at radius 3 is 2.72 bits per heavy atom. The largest absolute Gasteiger partial charge is 0.481 e. The quantitative estimate of drug-likeness (QED) is 0.895. The van der Waals surface area contributed by atoms with Crippen LogP contribution in [-0.4, -0.2) is 16.1 Å². The summed E-state index contributed by atoms with van der Waals surface area (Å²) in [7, 11) is 0. The van der Waals surface area contributed by atoms with Gasteiger partial charge in [0.25, 0.3) is 0 Å². The van der Waals surface area contributed by atoms with Gasteiger partial charge in [0.05, 0.1) is 16.1 Å². The molecule has 0 aliphatic heterocycles. The first-order chi connectivity index (χ1) is 8.66. The number of aromatic nitrogens is 1. The fourth-order valence-corrected chi connectivity index (χ4v) is 2.64. The lowest BCUT2D eigenvalue weighted by Crippen LogP contribution is -1.96. The molecule has 0 saturated heterocycles. The van der Waals surface area contributed by atoms with Gasteiger partial charge in [-0.2, -0.15) is 0 Å². The SMILES string of the molecule is Cc1ccc(-c2scnc2CCCC(=O)O)cc1. The first-order valence-electron chi connectivity index (χ1n) is 5.88. The molecule has 94 valence electrons. The molecule has 18 heavy (non-hydrogen) atoms. The lowest BCUT2D eigenvalue weighted by Gasteiger charge is -2.02. The summed E-state index contributed by atoms with van der Waals surface area (Å²) in [5, 5.41) is 8.64. The minimum Gasteiger partial charge on any atom is -0.481 e. The van der Waals surface area contributed by atoms with Crippen molar-refractivity contribution in [3.8, 4) is 10.4 Å². The molecule has 4 heteroatoms. The van der Waals surface area contributed by atoms with Crippen LogP contribution in [0.1, 0.15) is 24.1 Å². The molecule has 1 aromatic heterocycles. The van der Waals surface area contributed by atoms with Crippen LogP contribution >= 0.6 is 11.3 Å². The average molecular weight is 261 g/mol. The maximum absolute atomic E-state index is 10.5. The number of thiazole rings is 1. The highest BCUT2D eigenvalue weighted by molar-refractivity contribution is 7.13. The third kappa shape index (κ3) is 3.17. The number of rotatable bonds is 5. The van der Waals surface area contributed by atoms with Crippen LogP contribution in [0.4, 0.5) is 0 Å². The third-order valence-electron chi connectivity index (χ3n) is 2.76. The molecule has 0 aliphatic rings. The summed E-state index contributed by atoms with van der Waals surface area (Å²) in [5.41, 5.74) is 5.22. The Kier molecular flexibility index (Phi) is 4.10. The Hall–Kier alpha value is -1.68. The van der Waals surface area contributed by atoms with E-state index in [1.165, 1.54) is 5.56 Å². The van der Waals surface area contributed by atoms with E-state index in [0.29, 0.717) is 6.42 Å². The summed E-state index contributed by atoms with van der Waals surface area (Å²) in [6, 6.07) is 8.33. The van der Waals surface area contributed by atoms with Crippen molar-refractivity contribution in [3.05, 3.63) is 41.0 Å². The Morgan fingerprint density at radius 1 is 1.33 bits per heavy atom. The van der Waals surface area contributed by atoms with Gasteiger partial charge in [-0.3, -0.25) is 4.79 Å². The Bertz CT molecular complexity index is 531. The zero-order chi connectivity index (χ0) is 13.0. The third-order valence-corrected chi connectivity index (χ3v) is 3.68. The van der Waals surface area contributed by atoms with Crippen molar-refractivity contribution in [1.29, 1.82) is 0 Å². The van der Waals surface area contributed by atoms with Crippen molar-refractivity contribution in [3.63, 3.8) is 0 Å². The second kappa shape index (κ2) is 5.78. The molecule has 1 heterocycles. The molecule has 1 aromatic carbocycles. The molecule has 0 bridgehead atoms. The molecule has 0 spiro atoms. The van der Waals surface area contributed by atoms with E-state index in [9.17, 15) is 4.79 Å². The number of hydrogen-bond donors (Lipinski definition) is 1. The number of carboxylic acid groups (broad SMARTS) is 1. The predicted molar refractivity (Wildman–Crippen MR) is 72.9 cm³/mol. The van der Waals surface area contributed by atoms with Crippen molar-refractivity contribution in [2.24, 2.45) is 0 Å². The first kappa shape index (κ1) is 12.8. The molecule has 2 rings (SSSR count). The zero-order valence-corrected chi connectivity index (χ0v) is 11.0. The molecule has 0 aliphatic carbocycles. The lowest BCUT2D eigenvalue weighted by molar-refractivity contribution is -0.137. The Labute approximate surface area is 110 Å². The lowest BCUT2D eigenvalue weighted by atomic mass is 10.1. The van der Waals surface area contributed by atoms with Crippen LogP contribution in [-0.2, 0) is 11.2 Å². The highest BCUT2D eigenvalue weighted by Crippen LogP contribution is 2.28. The standard InChI is InChI=1S/C14H15NO2S/c1-10-5-7-11(8-6-10)14-12(15-9-18-14)3-2-4-13(16)17/h5-9H,2-4H2,1H3,(H,16,17). The van der Waals surface area contributed by atoms with Gasteiger partial charge in [-0.05, 0) is 25.3 Å². The number of hydrogen-bond acceptors (Lipinski definition) is 3. The molecule has 0 amide bonds. The van der Waals surface area contributed by atoms with Crippen molar-refractivity contribution in [1.82, 2.24) is 4.98 Å². The summed E-state index contributed by atoms with van der Waals surface area (Å²) in [4.78, 5) is 16.0. The van der Waals surface area contributed by atoms with Gasteiger partial charge in [-0.25, -0.2) is 4.98 Å². The topological polar surface area (TPSA) is 50.2 Å². The van der Waals surface area contributed by atoms with Gasteiger partial charge < -0.3 is 5.11 Å². The summed E-state index contributed by atoms with van der Waals surface area (Å²) < 4.78 is 0. The van der Waals surface area contributed by atoms with Gasteiger partial charge in [-0.15, -0.1) is 11.3 Å². The van der Waals surface area contributed by atoms with E-state index < -0.39 is 5.97 Å². The van der Waals surface area contributed by atoms with Gasteiger partial charge in [0, 0.05) is 6.42 Å². The van der Waals surface area contributed by atoms with Crippen LogP contribution in [0.25, 0.3) is 10.4 Å². The van der Waals surface area contributed by atoms with E-state index in [1.807, 2.05) is 5.51 Å². The number of benzene rings is 1. The predicted octanol–water partition coefficient (Wildman–Crippen LogP) is 3.53. The van der Waals surface area contributed by atoms with E-state index in [-0.39, 0.29) is 6.42 Å². The van der Waals surface area contributed by atoms with E-state index in [1.54, 1.807) is 11.3 Å². The molecule has 0 fully saturated rings. The van der Waals surface area contributed by atoms with Gasteiger partial charge in [0.2, 0.25) is 0 Å². The summed E-state index contributed by atoms with van der Waals surface area (Å²) in [6.07, 6.45) is 1.56. The second-order valence-corrected chi connectivity index (χ2v) is 5.10. The molecule has 2 aromatic rings. The molecule has 0 saturated carbocycles. The number of carbonyl (C=O) groups is 1. The smallest absolute Gasteiger partial charge is 0.303 e. The molecule has 1 N–H and O–H groups in total. The Morgan fingerprint density at radius 2 is 2.06 bits per heavy atom. The van der Waals surface area contributed by atoms with Crippen LogP contribution in [0.2, 0.25) is 0 Å². The first-order valence-corrected chi connectivity index (χ1v) is 6.76. The number of carboxylic acids is 1. The van der Waals surface area contributed by atoms with Crippen LogP contribution in [0.3, 0.4) is 0 Å². The van der Waals surface area contributed by atoms with Gasteiger partial charge in [0.1, 0.15) is 0 Å². The molecule has 0 atom stereocenters. The summed E-state index contributed by atoms with van der Waals surface area (Å²) >= 11 is 1.61. The minimum atomic E-state index is -0.748. The minimum absolute atomic E-state index is 0.199. The highest BCUT2D eigenvalue weighted by atomic mass is 32.1. The van der Waals surface area contributed by atoms with Crippen LogP contribution < -0.4 is 0 Å². The van der Waals surface area contributed by atoms with E-state index in [4.69, 9.17) is 5.11 Å². The fourth-order valence-electron chi connectivity index (χ4n) is 1.79. The summed E-state index contributed by atoms with van der Waals surface area (Å²) in [5.74, 6) is -0.748. The van der Waals surface area contributed by atoms with E-state index >= 15 is 0 Å². The maximum atomic E-state index is 10.5. The van der Waals surface area contributed by atoms with Crippen molar-refractivity contribution < 1.29 is 9.90 Å². The van der Waals surface area contributed by atoms with Crippen molar-refractivity contribution in [2.45, 2.75) is 26.2 Å². The zero-order valence-electron chi connectivity index (χ0n) is 10.2. The monoisotopic (exact) mass is 261 g/mol. The van der Waals surface area contributed by atoms with Gasteiger partial charge in [0.15, 0.2) is 0 Å². The number of nitrogens with zero attached hydrogens (tertiary/aromatic N) is 1. The normalized spacial score (nSPS) is 10.5. The number of aliphatic carboxylic acids is 1. The highest BCUT2D eigenvalue weighted by Gasteiger charge is 2.09. The average Bonchev–Trinajstić information content (AvgIpc) is 2.78. The molecule has 0 unspecified atom stereocenters. The summed E-state index contributed by atoms with van der Waals surface area (Å²) in [6.45, 7) is 2.06. The molecular formula is C14H15NO2S. The van der Waals surface area contributed by atoms with Gasteiger partial charge >= 0.3 is 5.97 Å². The van der Waals surface area contributed by atoms with E-state index in [0.717, 1.165) is 22.6 Å². The molecule has 0 radical (unpaired) electrons. The molecule has 3 nitrogen and oxygen atoms in total. The van der Waals surface area contributed by atoms with Crippen molar-refractivity contribution >= 4 is 17.3 Å². The van der Waals surface area contributed by atoms with Crippen LogP contribution in [0.15, 0.2) is 29.8 Å². The number of aryl methyl sites for hydroxylation is 2. The molecular weight excluding hydrogens is 246 g/mol. The second-order valence-electron chi connectivity index (χ2n) is 4.24. The maximum Gasteiger partial charge on any atom is 0.303 e. The fraction of sp³-hybridized carbons (Fsp3) is 0.286. The Balaban J connectivity index is 2.12. The van der Waals surface area contributed by atoms with Crippen LogP contribution in [0.5, 0.6) is 0 Å².